The predicted octanol–water partition coefficient (Wildman–Crippen LogP) is 4.70. The van der Waals surface area contributed by atoms with E-state index in [0.29, 0.717) is 31.2 Å². The van der Waals surface area contributed by atoms with Crippen LogP contribution in [0.25, 0.3) is 0 Å². The highest BCUT2D eigenvalue weighted by Crippen LogP contribution is 2.38. The summed E-state index contributed by atoms with van der Waals surface area (Å²) >= 11 is 17.9. The molecule has 1 aromatic rings. The number of alkyl halides is 2. The third-order valence-corrected chi connectivity index (χ3v) is 4.16. The van der Waals surface area contributed by atoms with E-state index in [4.69, 9.17) is 34.8 Å². The van der Waals surface area contributed by atoms with Gasteiger partial charge in [-0.3, -0.25) is 4.90 Å². The molecule has 0 amide bonds. The second kappa shape index (κ2) is 9.56. The van der Waals surface area contributed by atoms with E-state index in [2.05, 4.69) is 5.32 Å². The van der Waals surface area contributed by atoms with Gasteiger partial charge < -0.3 is 5.32 Å². The quantitative estimate of drug-likeness (QED) is 0.737. The maximum atomic E-state index is 13.4. The molecule has 9 heteroatoms. The molecule has 0 spiro atoms. The normalized spacial score (nSPS) is 17.0. The van der Waals surface area contributed by atoms with E-state index < -0.39 is 12.5 Å². The van der Waals surface area contributed by atoms with Crippen LogP contribution in [0.2, 0.25) is 15.1 Å². The van der Waals surface area contributed by atoms with Gasteiger partial charge in [0, 0.05) is 31.2 Å². The molecule has 2 rings (SSSR count). The molecule has 2 nitrogen and oxygen atoms in total. The Bertz CT molecular complexity index is 456. The SMILES string of the molecule is Cl.Cl.FC(F)[C@@H](c1cc(Cl)cc(Cl)c1Cl)N1CCNCC1. The fourth-order valence-corrected chi connectivity index (χ4v) is 2.97. The van der Waals surface area contributed by atoms with Gasteiger partial charge in [-0.1, -0.05) is 34.8 Å². The standard InChI is InChI=1S/C12H13Cl3F2N2.2ClH/c13-7-5-8(10(15)9(14)6-7)11(12(16)17)19-3-1-18-2-4-19;;/h5-6,11-12,18H,1-4H2;2*1H/t11-;;/m1../s1. The predicted molar refractivity (Wildman–Crippen MR) is 89.2 cm³/mol. The van der Waals surface area contributed by atoms with Crippen LogP contribution < -0.4 is 5.32 Å². The molecule has 0 aromatic heterocycles. The minimum Gasteiger partial charge on any atom is -0.314 e. The largest absolute Gasteiger partial charge is 0.314 e. The van der Waals surface area contributed by atoms with Crippen molar-refractivity contribution in [1.82, 2.24) is 10.2 Å². The van der Waals surface area contributed by atoms with Gasteiger partial charge in [0.05, 0.1) is 16.1 Å². The maximum Gasteiger partial charge on any atom is 0.258 e. The van der Waals surface area contributed by atoms with E-state index in [-0.39, 0.29) is 40.4 Å². The summed E-state index contributed by atoms with van der Waals surface area (Å²) in [6.45, 7) is 2.43. The topological polar surface area (TPSA) is 15.3 Å². The molecule has 1 aliphatic rings. The van der Waals surface area contributed by atoms with Crippen LogP contribution in [0.1, 0.15) is 11.6 Å². The Morgan fingerprint density at radius 2 is 1.62 bits per heavy atom. The third kappa shape index (κ3) is 5.24. The molecule has 0 saturated carbocycles. The summed E-state index contributed by atoms with van der Waals surface area (Å²) < 4.78 is 26.8. The minimum atomic E-state index is -2.55. The zero-order valence-electron chi connectivity index (χ0n) is 10.8. The first-order valence-corrected chi connectivity index (χ1v) is 7.01. The number of hydrogen-bond acceptors (Lipinski definition) is 2. The lowest BCUT2D eigenvalue weighted by Crippen LogP contribution is -2.47. The van der Waals surface area contributed by atoms with Gasteiger partial charge >= 0.3 is 0 Å². The molecule has 1 N–H and O–H groups in total. The number of nitrogens with zero attached hydrogens (tertiary/aromatic N) is 1. The van der Waals surface area contributed by atoms with Crippen molar-refractivity contribution in [2.24, 2.45) is 0 Å². The number of hydrogen-bond donors (Lipinski definition) is 1. The molecule has 1 heterocycles. The Morgan fingerprint density at radius 3 is 2.14 bits per heavy atom. The molecule has 21 heavy (non-hydrogen) atoms. The van der Waals surface area contributed by atoms with Crippen molar-refractivity contribution in [3.63, 3.8) is 0 Å². The molecule has 1 fully saturated rings. The van der Waals surface area contributed by atoms with E-state index in [9.17, 15) is 8.78 Å². The lowest BCUT2D eigenvalue weighted by atomic mass is 10.0. The van der Waals surface area contributed by atoms with Crippen LogP contribution in [0.4, 0.5) is 8.78 Å². The fraction of sp³-hybridized carbons (Fsp3) is 0.500. The molecular weight excluding hydrogens is 387 g/mol. The number of rotatable bonds is 3. The van der Waals surface area contributed by atoms with Gasteiger partial charge in [-0.05, 0) is 17.7 Å². The summed E-state index contributed by atoms with van der Waals surface area (Å²) in [5.74, 6) is 0. The lowest BCUT2D eigenvalue weighted by Gasteiger charge is -2.35. The second-order valence-corrected chi connectivity index (χ2v) is 5.58. The van der Waals surface area contributed by atoms with Gasteiger partial charge in [0.1, 0.15) is 0 Å². The van der Waals surface area contributed by atoms with E-state index in [1.54, 1.807) is 4.90 Å². The summed E-state index contributed by atoms with van der Waals surface area (Å²) in [6.07, 6.45) is -2.55. The Kier molecular flexibility index (Phi) is 9.76. The molecule has 1 aliphatic heterocycles. The van der Waals surface area contributed by atoms with E-state index in [1.807, 2.05) is 0 Å². The maximum absolute atomic E-state index is 13.4. The van der Waals surface area contributed by atoms with Crippen LogP contribution in [0, 0.1) is 0 Å². The van der Waals surface area contributed by atoms with Crippen molar-refractivity contribution in [3.8, 4) is 0 Å². The Labute approximate surface area is 149 Å². The zero-order chi connectivity index (χ0) is 14.0. The highest BCUT2D eigenvalue weighted by molar-refractivity contribution is 6.43. The lowest BCUT2D eigenvalue weighted by molar-refractivity contribution is 0.0182. The monoisotopic (exact) mass is 400 g/mol. The van der Waals surface area contributed by atoms with Crippen LogP contribution in [-0.4, -0.2) is 37.5 Å². The molecule has 0 unspecified atom stereocenters. The van der Waals surface area contributed by atoms with E-state index >= 15 is 0 Å². The summed E-state index contributed by atoms with van der Waals surface area (Å²) in [7, 11) is 0. The van der Waals surface area contributed by atoms with Crippen molar-refractivity contribution in [2.75, 3.05) is 26.2 Å². The van der Waals surface area contributed by atoms with Gasteiger partial charge in [-0.2, -0.15) is 0 Å². The summed E-state index contributed by atoms with van der Waals surface area (Å²) in [4.78, 5) is 1.70. The number of piperazine rings is 1. The molecule has 1 aromatic carbocycles. The summed E-state index contributed by atoms with van der Waals surface area (Å²) in [5, 5.41) is 3.78. The Hall–Kier alpha value is 0.450. The number of nitrogens with one attached hydrogen (secondary N) is 1. The number of benzene rings is 1. The first kappa shape index (κ1) is 21.4. The Balaban J connectivity index is 0.00000200. The highest BCUT2D eigenvalue weighted by Gasteiger charge is 2.32. The molecule has 0 bridgehead atoms. The van der Waals surface area contributed by atoms with E-state index in [1.165, 1.54) is 12.1 Å². The molecule has 0 aliphatic carbocycles. The van der Waals surface area contributed by atoms with Crippen molar-refractivity contribution >= 4 is 59.6 Å². The summed E-state index contributed by atoms with van der Waals surface area (Å²) in [5.41, 5.74) is 0.288. The molecule has 0 radical (unpaired) electrons. The summed E-state index contributed by atoms with van der Waals surface area (Å²) in [6, 6.07) is 1.84. The first-order valence-electron chi connectivity index (χ1n) is 5.88. The second-order valence-electron chi connectivity index (χ2n) is 4.36. The Morgan fingerprint density at radius 1 is 1.05 bits per heavy atom. The van der Waals surface area contributed by atoms with Crippen LogP contribution >= 0.6 is 59.6 Å². The smallest absolute Gasteiger partial charge is 0.258 e. The first-order chi connectivity index (χ1) is 9.00. The molecule has 122 valence electrons. The van der Waals surface area contributed by atoms with Crippen LogP contribution in [0.3, 0.4) is 0 Å². The van der Waals surface area contributed by atoms with Gasteiger partial charge in [0.2, 0.25) is 0 Å². The van der Waals surface area contributed by atoms with Crippen molar-refractivity contribution < 1.29 is 8.78 Å². The van der Waals surface area contributed by atoms with Crippen LogP contribution in [0.15, 0.2) is 12.1 Å². The van der Waals surface area contributed by atoms with Crippen molar-refractivity contribution in [1.29, 1.82) is 0 Å². The zero-order valence-corrected chi connectivity index (χ0v) is 14.7. The number of halogens is 7. The van der Waals surface area contributed by atoms with Crippen molar-refractivity contribution in [2.45, 2.75) is 12.5 Å². The van der Waals surface area contributed by atoms with E-state index in [0.717, 1.165) is 0 Å². The van der Waals surface area contributed by atoms with Gasteiger partial charge in [-0.15, -0.1) is 24.8 Å². The molecule has 1 saturated heterocycles. The highest BCUT2D eigenvalue weighted by atomic mass is 35.5. The average Bonchev–Trinajstić information content (AvgIpc) is 2.36. The van der Waals surface area contributed by atoms with Crippen LogP contribution in [-0.2, 0) is 0 Å². The third-order valence-electron chi connectivity index (χ3n) is 3.12. The van der Waals surface area contributed by atoms with Crippen molar-refractivity contribution in [3.05, 3.63) is 32.8 Å². The van der Waals surface area contributed by atoms with Gasteiger partial charge in [-0.25, -0.2) is 8.78 Å². The molecular formula is C12H15Cl5F2N2. The average molecular weight is 403 g/mol. The van der Waals surface area contributed by atoms with Gasteiger partial charge in [0.25, 0.3) is 6.43 Å². The van der Waals surface area contributed by atoms with Gasteiger partial charge in [0.15, 0.2) is 0 Å². The minimum absolute atomic E-state index is 0. The fourth-order valence-electron chi connectivity index (χ4n) is 2.24. The van der Waals surface area contributed by atoms with Crippen LogP contribution in [0.5, 0.6) is 0 Å². The molecule has 1 atom stereocenters.